The van der Waals surface area contributed by atoms with Crippen molar-refractivity contribution in [1.29, 1.82) is 0 Å². The first-order valence-electron chi connectivity index (χ1n) is 9.09. The van der Waals surface area contributed by atoms with Crippen LogP contribution in [0.25, 0.3) is 0 Å². The minimum absolute atomic E-state index is 0.0678. The van der Waals surface area contributed by atoms with Crippen LogP contribution >= 0.6 is 0 Å². The minimum Gasteiger partial charge on any atom is -0.477 e. The van der Waals surface area contributed by atoms with Gasteiger partial charge in [-0.3, -0.25) is 14.4 Å². The molecule has 1 aliphatic rings. The van der Waals surface area contributed by atoms with Crippen LogP contribution in [0.15, 0.2) is 54.6 Å². The van der Waals surface area contributed by atoms with Gasteiger partial charge in [0, 0.05) is 14.0 Å². The highest BCUT2D eigenvalue weighted by atomic mass is 16.5. The second-order valence-corrected chi connectivity index (χ2v) is 6.56. The summed E-state index contributed by atoms with van der Waals surface area (Å²) in [5, 5.41) is 5.40. The van der Waals surface area contributed by atoms with Crippen molar-refractivity contribution in [1.82, 2.24) is 10.6 Å². The number of fused-ring (bicyclic) bond motifs is 1. The van der Waals surface area contributed by atoms with Crippen molar-refractivity contribution < 1.29 is 19.1 Å². The van der Waals surface area contributed by atoms with E-state index in [1.807, 2.05) is 36.4 Å². The van der Waals surface area contributed by atoms with Crippen LogP contribution in [-0.2, 0) is 14.4 Å². The molecule has 2 N–H and O–H groups in total. The first kappa shape index (κ1) is 19.4. The van der Waals surface area contributed by atoms with Gasteiger partial charge in [-0.2, -0.15) is 0 Å². The first-order valence-corrected chi connectivity index (χ1v) is 9.09. The van der Waals surface area contributed by atoms with E-state index in [-0.39, 0.29) is 30.7 Å². The number of benzene rings is 2. The lowest BCUT2D eigenvalue weighted by molar-refractivity contribution is -0.128. The number of hydrogen-bond donors (Lipinski definition) is 2. The van der Waals surface area contributed by atoms with Crippen molar-refractivity contribution >= 4 is 23.4 Å². The van der Waals surface area contributed by atoms with Crippen molar-refractivity contribution in [2.45, 2.75) is 25.5 Å². The summed E-state index contributed by atoms with van der Waals surface area (Å²) >= 11 is 0. The van der Waals surface area contributed by atoms with Gasteiger partial charge in [0.05, 0.1) is 24.7 Å². The van der Waals surface area contributed by atoms with Crippen LogP contribution in [0, 0.1) is 0 Å². The van der Waals surface area contributed by atoms with Crippen LogP contribution in [0.5, 0.6) is 5.75 Å². The Morgan fingerprint density at radius 1 is 1.11 bits per heavy atom. The standard InChI is InChI=1S/C21H23N3O4/c1-14(25)23-16(15-8-4-3-5-9-15)12-20(26)24-13-19(21(27)22-2)28-18-11-7-6-10-17(18)24/h3-11,16,19H,12-13H2,1-2H3,(H,22,27)(H,23,25)/t16-,19+/m0/s1. The number of nitrogens with zero attached hydrogens (tertiary/aromatic N) is 1. The summed E-state index contributed by atoms with van der Waals surface area (Å²) < 4.78 is 5.74. The van der Waals surface area contributed by atoms with Gasteiger partial charge in [0.1, 0.15) is 5.75 Å². The van der Waals surface area contributed by atoms with Crippen molar-refractivity contribution in [2.75, 3.05) is 18.5 Å². The summed E-state index contributed by atoms with van der Waals surface area (Å²) in [7, 11) is 1.53. The van der Waals surface area contributed by atoms with Crippen molar-refractivity contribution in [2.24, 2.45) is 0 Å². The van der Waals surface area contributed by atoms with Crippen molar-refractivity contribution in [3.8, 4) is 5.75 Å². The van der Waals surface area contributed by atoms with E-state index in [1.54, 1.807) is 23.1 Å². The molecule has 2 atom stereocenters. The molecule has 2 aromatic rings. The van der Waals surface area contributed by atoms with Crippen LogP contribution in [0.4, 0.5) is 5.69 Å². The molecule has 0 fully saturated rings. The molecule has 146 valence electrons. The number of hydrogen-bond acceptors (Lipinski definition) is 4. The van der Waals surface area contributed by atoms with Crippen LogP contribution in [0.3, 0.4) is 0 Å². The third kappa shape index (κ3) is 4.31. The summed E-state index contributed by atoms with van der Waals surface area (Å²) in [6.07, 6.45) is -0.724. The topological polar surface area (TPSA) is 87.7 Å². The molecule has 0 unspecified atom stereocenters. The molecule has 0 bridgehead atoms. The number of nitrogens with one attached hydrogen (secondary N) is 2. The van der Waals surface area contributed by atoms with Crippen molar-refractivity contribution in [3.63, 3.8) is 0 Å². The third-order valence-electron chi connectivity index (χ3n) is 4.57. The highest BCUT2D eigenvalue weighted by molar-refractivity contribution is 5.97. The van der Waals surface area contributed by atoms with Gasteiger partial charge in [-0.1, -0.05) is 42.5 Å². The maximum Gasteiger partial charge on any atom is 0.262 e. The number of rotatable bonds is 5. The van der Waals surface area contributed by atoms with E-state index in [4.69, 9.17) is 4.74 Å². The fraction of sp³-hybridized carbons (Fsp3) is 0.286. The van der Waals surface area contributed by atoms with E-state index in [0.29, 0.717) is 11.4 Å². The predicted molar refractivity (Wildman–Crippen MR) is 105 cm³/mol. The fourth-order valence-electron chi connectivity index (χ4n) is 3.24. The quantitative estimate of drug-likeness (QED) is 0.827. The van der Waals surface area contributed by atoms with E-state index >= 15 is 0 Å². The third-order valence-corrected chi connectivity index (χ3v) is 4.57. The SMILES string of the molecule is CNC(=O)[C@H]1CN(C(=O)C[C@H](NC(C)=O)c2ccccc2)c2ccccc2O1. The lowest BCUT2D eigenvalue weighted by atomic mass is 10.0. The predicted octanol–water partition coefficient (Wildman–Crippen LogP) is 1.79. The lowest BCUT2D eigenvalue weighted by Gasteiger charge is -2.34. The van der Waals surface area contributed by atoms with Gasteiger partial charge in [-0.05, 0) is 17.7 Å². The van der Waals surface area contributed by atoms with E-state index in [0.717, 1.165) is 5.56 Å². The van der Waals surface area contributed by atoms with Gasteiger partial charge in [0.25, 0.3) is 5.91 Å². The van der Waals surface area contributed by atoms with Crippen LogP contribution in [0.2, 0.25) is 0 Å². The number of anilines is 1. The molecule has 1 heterocycles. The number of ether oxygens (including phenoxy) is 1. The Hall–Kier alpha value is -3.35. The molecule has 0 aromatic heterocycles. The molecule has 0 saturated carbocycles. The Labute approximate surface area is 163 Å². The van der Waals surface area contributed by atoms with E-state index in [2.05, 4.69) is 10.6 Å². The molecular weight excluding hydrogens is 358 g/mol. The Morgan fingerprint density at radius 3 is 2.46 bits per heavy atom. The fourth-order valence-corrected chi connectivity index (χ4v) is 3.24. The lowest BCUT2D eigenvalue weighted by Crippen LogP contribution is -2.50. The molecule has 0 aliphatic carbocycles. The number of carbonyl (C=O) groups excluding carboxylic acids is 3. The molecule has 1 aliphatic heterocycles. The molecule has 0 radical (unpaired) electrons. The molecule has 7 heteroatoms. The molecule has 28 heavy (non-hydrogen) atoms. The molecule has 3 rings (SSSR count). The van der Waals surface area contributed by atoms with Crippen LogP contribution in [-0.4, -0.2) is 37.4 Å². The summed E-state index contributed by atoms with van der Waals surface area (Å²) in [6, 6.07) is 16.0. The summed E-state index contributed by atoms with van der Waals surface area (Å²) in [5.74, 6) is -0.236. The second kappa shape index (κ2) is 8.56. The largest absolute Gasteiger partial charge is 0.477 e. The number of carbonyl (C=O) groups is 3. The Bertz CT molecular complexity index is 869. The first-order chi connectivity index (χ1) is 13.5. The number of amides is 3. The summed E-state index contributed by atoms with van der Waals surface area (Å²) in [5.41, 5.74) is 1.46. The van der Waals surface area contributed by atoms with Gasteiger partial charge in [-0.15, -0.1) is 0 Å². The zero-order valence-corrected chi connectivity index (χ0v) is 15.8. The maximum absolute atomic E-state index is 13.2. The zero-order chi connectivity index (χ0) is 20.1. The van der Waals surface area contributed by atoms with Gasteiger partial charge >= 0.3 is 0 Å². The molecule has 3 amide bonds. The molecule has 0 spiro atoms. The van der Waals surface area contributed by atoms with Crippen molar-refractivity contribution in [3.05, 3.63) is 60.2 Å². The normalized spacial score (nSPS) is 16.4. The highest BCUT2D eigenvalue weighted by Gasteiger charge is 2.34. The molecule has 0 saturated heterocycles. The van der Waals surface area contributed by atoms with Crippen LogP contribution in [0.1, 0.15) is 24.9 Å². The average molecular weight is 381 g/mol. The van der Waals surface area contributed by atoms with Gasteiger partial charge < -0.3 is 20.3 Å². The highest BCUT2D eigenvalue weighted by Crippen LogP contribution is 2.34. The maximum atomic E-state index is 13.2. The number of para-hydroxylation sites is 2. The Kier molecular flexibility index (Phi) is 5.93. The van der Waals surface area contributed by atoms with E-state index in [1.165, 1.54) is 14.0 Å². The molecular formula is C21H23N3O4. The Morgan fingerprint density at radius 2 is 1.79 bits per heavy atom. The van der Waals surface area contributed by atoms with Gasteiger partial charge in [0.2, 0.25) is 11.8 Å². The monoisotopic (exact) mass is 381 g/mol. The minimum atomic E-state index is -0.792. The zero-order valence-electron chi connectivity index (χ0n) is 15.8. The van der Waals surface area contributed by atoms with Crippen LogP contribution < -0.4 is 20.3 Å². The smallest absolute Gasteiger partial charge is 0.262 e. The average Bonchev–Trinajstić information content (AvgIpc) is 2.72. The number of likely N-dealkylation sites (N-methyl/N-ethyl adjacent to an activating group) is 1. The van der Waals surface area contributed by atoms with Gasteiger partial charge in [-0.25, -0.2) is 0 Å². The summed E-state index contributed by atoms with van der Waals surface area (Å²) in [4.78, 5) is 38.5. The second-order valence-electron chi connectivity index (χ2n) is 6.56. The summed E-state index contributed by atoms with van der Waals surface area (Å²) in [6.45, 7) is 1.53. The molecule has 2 aromatic carbocycles. The van der Waals surface area contributed by atoms with Gasteiger partial charge in [0.15, 0.2) is 6.10 Å². The van der Waals surface area contributed by atoms with E-state index in [9.17, 15) is 14.4 Å². The Balaban J connectivity index is 1.86. The van der Waals surface area contributed by atoms with E-state index < -0.39 is 12.1 Å². The molecule has 7 nitrogen and oxygen atoms in total.